The van der Waals surface area contributed by atoms with E-state index in [-0.39, 0.29) is 16.9 Å². The maximum atomic E-state index is 13.0. The van der Waals surface area contributed by atoms with Crippen molar-refractivity contribution in [2.75, 3.05) is 0 Å². The predicted octanol–water partition coefficient (Wildman–Crippen LogP) is 3.61. The highest BCUT2D eigenvalue weighted by atomic mass is 19.4. The Labute approximate surface area is 135 Å². The Hall–Kier alpha value is -2.70. The van der Waals surface area contributed by atoms with Crippen molar-refractivity contribution in [1.82, 2.24) is 14.5 Å². The van der Waals surface area contributed by atoms with E-state index in [2.05, 4.69) is 9.97 Å². The van der Waals surface area contributed by atoms with E-state index in [9.17, 15) is 18.0 Å². The van der Waals surface area contributed by atoms with Crippen LogP contribution in [0.3, 0.4) is 0 Å². The predicted molar refractivity (Wildman–Crippen MR) is 83.7 cm³/mol. The monoisotopic (exact) mass is 333 g/mol. The van der Waals surface area contributed by atoms with E-state index in [1.54, 1.807) is 18.5 Å². The van der Waals surface area contributed by atoms with Gasteiger partial charge in [-0.1, -0.05) is 12.1 Å². The molecule has 124 valence electrons. The molecule has 0 unspecified atom stereocenters. The molecule has 0 bridgehead atoms. The lowest BCUT2D eigenvalue weighted by Crippen LogP contribution is -2.25. The zero-order valence-electron chi connectivity index (χ0n) is 12.8. The first-order chi connectivity index (χ1) is 11.4. The minimum atomic E-state index is -4.55. The summed E-state index contributed by atoms with van der Waals surface area (Å²) >= 11 is 0. The van der Waals surface area contributed by atoms with Crippen LogP contribution in [0.25, 0.3) is 10.9 Å². The number of para-hydroxylation sites is 1. The molecule has 4 nitrogen and oxygen atoms in total. The van der Waals surface area contributed by atoms with Gasteiger partial charge in [-0.15, -0.1) is 0 Å². The second kappa shape index (κ2) is 6.07. The summed E-state index contributed by atoms with van der Waals surface area (Å²) in [5.74, 6) is 0. The largest absolute Gasteiger partial charge is 0.418 e. The fourth-order valence-corrected chi connectivity index (χ4v) is 2.67. The van der Waals surface area contributed by atoms with Gasteiger partial charge in [0.25, 0.3) is 5.56 Å². The quantitative estimate of drug-likeness (QED) is 0.735. The topological polar surface area (TPSA) is 47.8 Å². The number of hydrogen-bond donors (Lipinski definition) is 0. The minimum absolute atomic E-state index is 0.0367. The van der Waals surface area contributed by atoms with Crippen LogP contribution in [0.15, 0.2) is 53.8 Å². The van der Waals surface area contributed by atoms with Crippen LogP contribution in [0.2, 0.25) is 0 Å². The van der Waals surface area contributed by atoms with Crippen LogP contribution in [0.1, 0.15) is 24.1 Å². The third-order valence-corrected chi connectivity index (χ3v) is 3.85. The molecule has 0 saturated heterocycles. The summed E-state index contributed by atoms with van der Waals surface area (Å²) in [5.41, 5.74) is -0.771. The summed E-state index contributed by atoms with van der Waals surface area (Å²) in [4.78, 5) is 20.5. The number of nitrogens with zero attached hydrogens (tertiary/aromatic N) is 3. The van der Waals surface area contributed by atoms with Crippen molar-refractivity contribution in [3.05, 3.63) is 70.5 Å². The highest BCUT2D eigenvalue weighted by molar-refractivity contribution is 5.81. The van der Waals surface area contributed by atoms with Gasteiger partial charge in [0.05, 0.1) is 22.8 Å². The van der Waals surface area contributed by atoms with Gasteiger partial charge in [-0.2, -0.15) is 13.2 Å². The molecule has 3 aromatic rings. The van der Waals surface area contributed by atoms with Crippen LogP contribution >= 0.6 is 0 Å². The van der Waals surface area contributed by atoms with E-state index in [0.29, 0.717) is 6.42 Å². The van der Waals surface area contributed by atoms with E-state index >= 15 is 0 Å². The Morgan fingerprint density at radius 2 is 2.00 bits per heavy atom. The molecule has 0 amide bonds. The summed E-state index contributed by atoms with van der Waals surface area (Å²) in [7, 11) is 0. The number of fused-ring (bicyclic) bond motifs is 1. The standard InChI is InChI=1S/C17H14F3N3O/c1-11(8-12-4-3-7-21-9-12)23-10-22-15-13(16(23)24)5-2-6-14(15)17(18,19)20/h2-7,9-11H,8H2,1H3/t11-/m0/s1. The zero-order chi connectivity index (χ0) is 17.3. The molecule has 2 heterocycles. The summed E-state index contributed by atoms with van der Waals surface area (Å²) in [6.07, 6.45) is 0.502. The van der Waals surface area contributed by atoms with Gasteiger partial charge in [-0.05, 0) is 37.1 Å². The molecule has 7 heteroatoms. The Bertz CT molecular complexity index is 920. The Morgan fingerprint density at radius 3 is 2.67 bits per heavy atom. The van der Waals surface area contributed by atoms with E-state index in [0.717, 1.165) is 11.6 Å². The smallest absolute Gasteiger partial charge is 0.296 e. The van der Waals surface area contributed by atoms with Crippen molar-refractivity contribution in [3.8, 4) is 0 Å². The molecule has 0 fully saturated rings. The van der Waals surface area contributed by atoms with Gasteiger partial charge in [0, 0.05) is 18.4 Å². The Morgan fingerprint density at radius 1 is 1.21 bits per heavy atom. The van der Waals surface area contributed by atoms with Crippen molar-refractivity contribution in [1.29, 1.82) is 0 Å². The molecule has 1 atom stereocenters. The first kappa shape index (κ1) is 16.2. The summed E-state index contributed by atoms with van der Waals surface area (Å²) in [6.45, 7) is 1.82. The molecule has 0 spiro atoms. The highest BCUT2D eigenvalue weighted by Gasteiger charge is 2.33. The van der Waals surface area contributed by atoms with Gasteiger partial charge in [-0.3, -0.25) is 14.3 Å². The van der Waals surface area contributed by atoms with E-state index in [1.807, 2.05) is 13.0 Å². The molecule has 0 aliphatic carbocycles. The van der Waals surface area contributed by atoms with Gasteiger partial charge >= 0.3 is 6.18 Å². The molecule has 0 saturated carbocycles. The molecule has 0 aliphatic heterocycles. The van der Waals surface area contributed by atoms with Crippen LogP contribution in [0.5, 0.6) is 0 Å². The Balaban J connectivity index is 2.05. The maximum absolute atomic E-state index is 13.0. The number of halogens is 3. The normalized spacial score (nSPS) is 13.2. The lowest BCUT2D eigenvalue weighted by atomic mass is 10.1. The highest BCUT2D eigenvalue weighted by Crippen LogP contribution is 2.32. The second-order valence-corrected chi connectivity index (χ2v) is 5.57. The lowest BCUT2D eigenvalue weighted by Gasteiger charge is -2.16. The number of pyridine rings is 1. The molecule has 0 aliphatic rings. The Kier molecular flexibility index (Phi) is 4.09. The number of hydrogen-bond acceptors (Lipinski definition) is 3. The number of alkyl halides is 3. The molecule has 3 rings (SSSR count). The minimum Gasteiger partial charge on any atom is -0.296 e. The molecule has 0 radical (unpaired) electrons. The van der Waals surface area contributed by atoms with Crippen molar-refractivity contribution in [2.24, 2.45) is 0 Å². The maximum Gasteiger partial charge on any atom is 0.418 e. The van der Waals surface area contributed by atoms with Gasteiger partial charge in [0.1, 0.15) is 0 Å². The third kappa shape index (κ3) is 3.02. The molecule has 0 N–H and O–H groups in total. The summed E-state index contributed by atoms with van der Waals surface area (Å²) in [6, 6.07) is 6.94. The van der Waals surface area contributed by atoms with Crippen LogP contribution in [0, 0.1) is 0 Å². The average molecular weight is 333 g/mol. The van der Waals surface area contributed by atoms with Crippen LogP contribution < -0.4 is 5.56 Å². The number of rotatable bonds is 3. The van der Waals surface area contributed by atoms with Gasteiger partial charge in [-0.25, -0.2) is 4.98 Å². The zero-order valence-corrected chi connectivity index (χ0v) is 12.8. The lowest BCUT2D eigenvalue weighted by molar-refractivity contribution is -0.136. The van der Waals surface area contributed by atoms with Crippen molar-refractivity contribution in [2.45, 2.75) is 25.6 Å². The molecular weight excluding hydrogens is 319 g/mol. The first-order valence-corrected chi connectivity index (χ1v) is 7.34. The number of aromatic nitrogens is 3. The third-order valence-electron chi connectivity index (χ3n) is 3.85. The van der Waals surface area contributed by atoms with Crippen LogP contribution in [0.4, 0.5) is 13.2 Å². The molecular formula is C17H14F3N3O. The van der Waals surface area contributed by atoms with Gasteiger partial charge < -0.3 is 0 Å². The summed E-state index contributed by atoms with van der Waals surface area (Å²) < 4.78 is 40.5. The number of benzene rings is 1. The molecule has 24 heavy (non-hydrogen) atoms. The van der Waals surface area contributed by atoms with Crippen LogP contribution in [-0.4, -0.2) is 14.5 Å². The van der Waals surface area contributed by atoms with Gasteiger partial charge in [0.15, 0.2) is 0 Å². The van der Waals surface area contributed by atoms with Crippen molar-refractivity contribution in [3.63, 3.8) is 0 Å². The van der Waals surface area contributed by atoms with Crippen molar-refractivity contribution >= 4 is 10.9 Å². The SMILES string of the molecule is C[C@@H](Cc1cccnc1)n1cnc2c(C(F)(F)F)cccc2c1=O. The summed E-state index contributed by atoms with van der Waals surface area (Å²) in [5, 5.41) is -0.0367. The first-order valence-electron chi connectivity index (χ1n) is 7.34. The fourth-order valence-electron chi connectivity index (χ4n) is 2.67. The van der Waals surface area contributed by atoms with E-state index in [4.69, 9.17) is 0 Å². The van der Waals surface area contributed by atoms with E-state index in [1.165, 1.54) is 23.0 Å². The van der Waals surface area contributed by atoms with Crippen LogP contribution in [-0.2, 0) is 12.6 Å². The average Bonchev–Trinajstić information content (AvgIpc) is 2.54. The van der Waals surface area contributed by atoms with Gasteiger partial charge in [0.2, 0.25) is 0 Å². The van der Waals surface area contributed by atoms with E-state index < -0.39 is 17.3 Å². The fraction of sp³-hybridized carbons (Fsp3) is 0.235. The molecule has 2 aromatic heterocycles. The molecule has 1 aromatic carbocycles. The second-order valence-electron chi connectivity index (χ2n) is 5.57. The van der Waals surface area contributed by atoms with Crippen molar-refractivity contribution < 1.29 is 13.2 Å².